The van der Waals surface area contributed by atoms with Crippen molar-refractivity contribution < 1.29 is 8.95 Å². The summed E-state index contributed by atoms with van der Waals surface area (Å²) in [6, 6.07) is 0. The van der Waals surface area contributed by atoms with E-state index in [9.17, 15) is 4.21 Å². The average molecular weight is 221 g/mol. The van der Waals surface area contributed by atoms with Gasteiger partial charge in [0.05, 0.1) is 6.61 Å². The lowest BCUT2D eigenvalue weighted by atomic mass is 10.3. The van der Waals surface area contributed by atoms with Crippen molar-refractivity contribution in [2.75, 3.05) is 32.6 Å². The maximum absolute atomic E-state index is 11.0. The summed E-state index contributed by atoms with van der Waals surface area (Å²) in [4.78, 5) is 0. The molecule has 0 rings (SSSR count). The Morgan fingerprint density at radius 1 is 1.36 bits per heavy atom. The fourth-order valence-electron chi connectivity index (χ4n) is 0.987. The van der Waals surface area contributed by atoms with Crippen LogP contribution in [0.25, 0.3) is 0 Å². The molecule has 3 nitrogen and oxygen atoms in total. The average Bonchev–Trinajstić information content (AvgIpc) is 2.16. The van der Waals surface area contributed by atoms with Crippen molar-refractivity contribution in [2.45, 2.75) is 31.9 Å². The third-order valence-electron chi connectivity index (χ3n) is 2.07. The number of hydrogen-bond acceptors (Lipinski definition) is 3. The van der Waals surface area contributed by atoms with E-state index >= 15 is 0 Å². The Morgan fingerprint density at radius 2 is 2.07 bits per heavy atom. The lowest BCUT2D eigenvalue weighted by Gasteiger charge is -2.09. The van der Waals surface area contributed by atoms with Crippen LogP contribution < -0.4 is 5.32 Å². The van der Waals surface area contributed by atoms with Gasteiger partial charge >= 0.3 is 0 Å². The lowest BCUT2D eigenvalue weighted by molar-refractivity contribution is 0.136. The molecule has 0 amide bonds. The predicted molar refractivity (Wildman–Crippen MR) is 62.1 cm³/mol. The predicted octanol–water partition coefficient (Wildman–Crippen LogP) is 1.16. The van der Waals surface area contributed by atoms with Gasteiger partial charge in [0.15, 0.2) is 0 Å². The second-order valence-electron chi connectivity index (χ2n) is 3.46. The minimum atomic E-state index is -0.692. The Morgan fingerprint density at radius 3 is 2.64 bits per heavy atom. The van der Waals surface area contributed by atoms with Crippen molar-refractivity contribution in [3.8, 4) is 0 Å². The summed E-state index contributed by atoms with van der Waals surface area (Å²) < 4.78 is 16.3. The Kier molecular flexibility index (Phi) is 9.67. The van der Waals surface area contributed by atoms with Crippen molar-refractivity contribution in [3.63, 3.8) is 0 Å². The standard InChI is InChI=1S/C10H23NO2S/c1-4-8-13-9-7-11-6-5-10(2)14(3)12/h10-11H,4-9H2,1-3H3. The van der Waals surface area contributed by atoms with Gasteiger partial charge in [-0.25, -0.2) is 0 Å². The first-order valence-corrected chi connectivity index (χ1v) is 6.91. The highest BCUT2D eigenvalue weighted by atomic mass is 32.2. The van der Waals surface area contributed by atoms with E-state index in [0.29, 0.717) is 5.25 Å². The second kappa shape index (κ2) is 9.62. The van der Waals surface area contributed by atoms with Gasteiger partial charge in [0, 0.05) is 35.5 Å². The topological polar surface area (TPSA) is 38.3 Å². The third kappa shape index (κ3) is 8.66. The van der Waals surface area contributed by atoms with E-state index in [1.54, 1.807) is 6.26 Å². The molecule has 0 saturated heterocycles. The van der Waals surface area contributed by atoms with E-state index in [1.165, 1.54) is 0 Å². The fraction of sp³-hybridized carbons (Fsp3) is 1.00. The zero-order chi connectivity index (χ0) is 10.8. The minimum absolute atomic E-state index is 0.291. The van der Waals surface area contributed by atoms with Gasteiger partial charge in [0.1, 0.15) is 0 Å². The summed E-state index contributed by atoms with van der Waals surface area (Å²) in [5.74, 6) is 0. The van der Waals surface area contributed by atoms with Gasteiger partial charge in [0.2, 0.25) is 0 Å². The second-order valence-corrected chi connectivity index (χ2v) is 5.26. The number of nitrogens with one attached hydrogen (secondary N) is 1. The molecule has 14 heavy (non-hydrogen) atoms. The van der Waals surface area contributed by atoms with Crippen LogP contribution in [0.4, 0.5) is 0 Å². The molecule has 0 aromatic carbocycles. The molecule has 0 spiro atoms. The van der Waals surface area contributed by atoms with Crippen LogP contribution in [-0.4, -0.2) is 42.0 Å². The largest absolute Gasteiger partial charge is 0.380 e. The van der Waals surface area contributed by atoms with Crippen LogP contribution in [0.2, 0.25) is 0 Å². The Balaban J connectivity index is 3.09. The first-order chi connectivity index (χ1) is 6.68. The summed E-state index contributed by atoms with van der Waals surface area (Å²) in [6.45, 7) is 7.56. The van der Waals surface area contributed by atoms with Gasteiger partial charge in [-0.2, -0.15) is 0 Å². The molecule has 0 aliphatic carbocycles. The van der Waals surface area contributed by atoms with Crippen LogP contribution >= 0.6 is 0 Å². The van der Waals surface area contributed by atoms with Gasteiger partial charge in [-0.05, 0) is 19.4 Å². The maximum atomic E-state index is 11.0. The van der Waals surface area contributed by atoms with Crippen LogP contribution in [0.5, 0.6) is 0 Å². The molecule has 0 bridgehead atoms. The lowest BCUT2D eigenvalue weighted by Crippen LogP contribution is -2.24. The van der Waals surface area contributed by atoms with E-state index < -0.39 is 10.8 Å². The Labute approximate surface area is 90.1 Å². The zero-order valence-corrected chi connectivity index (χ0v) is 10.4. The van der Waals surface area contributed by atoms with Crippen molar-refractivity contribution in [1.82, 2.24) is 5.32 Å². The molecule has 0 radical (unpaired) electrons. The molecular weight excluding hydrogens is 198 g/mol. The van der Waals surface area contributed by atoms with Gasteiger partial charge < -0.3 is 10.1 Å². The number of rotatable bonds is 9. The summed E-state index contributed by atoms with van der Waals surface area (Å²) >= 11 is 0. The van der Waals surface area contributed by atoms with Crippen molar-refractivity contribution in [1.29, 1.82) is 0 Å². The summed E-state index contributed by atoms with van der Waals surface area (Å²) in [5, 5.41) is 3.56. The minimum Gasteiger partial charge on any atom is -0.380 e. The molecule has 0 saturated carbocycles. The third-order valence-corrected chi connectivity index (χ3v) is 3.43. The molecule has 0 aromatic rings. The smallest absolute Gasteiger partial charge is 0.0590 e. The summed E-state index contributed by atoms with van der Waals surface area (Å²) in [7, 11) is -0.692. The quantitative estimate of drug-likeness (QED) is 0.594. The summed E-state index contributed by atoms with van der Waals surface area (Å²) in [6.07, 6.45) is 3.80. The van der Waals surface area contributed by atoms with Crippen LogP contribution in [0.3, 0.4) is 0 Å². The molecule has 0 aliphatic rings. The molecule has 0 heterocycles. The van der Waals surface area contributed by atoms with E-state index in [-0.39, 0.29) is 0 Å². The Hall–Kier alpha value is 0.0700. The first kappa shape index (κ1) is 14.1. The molecule has 4 heteroatoms. The number of ether oxygens (including phenoxy) is 1. The fourth-order valence-corrected chi connectivity index (χ4v) is 1.44. The monoisotopic (exact) mass is 221 g/mol. The molecule has 86 valence electrons. The van der Waals surface area contributed by atoms with Crippen molar-refractivity contribution >= 4 is 10.8 Å². The highest BCUT2D eigenvalue weighted by Gasteiger charge is 2.04. The van der Waals surface area contributed by atoms with E-state index in [2.05, 4.69) is 12.2 Å². The normalized spacial score (nSPS) is 15.4. The molecule has 2 unspecified atom stereocenters. The van der Waals surface area contributed by atoms with Crippen LogP contribution in [-0.2, 0) is 15.5 Å². The van der Waals surface area contributed by atoms with E-state index in [4.69, 9.17) is 4.74 Å². The van der Waals surface area contributed by atoms with Crippen LogP contribution in [0, 0.1) is 0 Å². The van der Waals surface area contributed by atoms with Crippen molar-refractivity contribution in [2.24, 2.45) is 0 Å². The first-order valence-electron chi connectivity index (χ1n) is 5.29. The molecule has 0 aliphatic heterocycles. The molecular formula is C10H23NO2S. The SMILES string of the molecule is CCCOCCNCCC(C)S(C)=O. The van der Waals surface area contributed by atoms with Crippen LogP contribution in [0.1, 0.15) is 26.7 Å². The van der Waals surface area contributed by atoms with Gasteiger partial charge in [0.25, 0.3) is 0 Å². The molecule has 2 atom stereocenters. The van der Waals surface area contributed by atoms with E-state index in [1.807, 2.05) is 6.92 Å². The zero-order valence-electron chi connectivity index (χ0n) is 9.54. The molecule has 0 aromatic heterocycles. The van der Waals surface area contributed by atoms with Gasteiger partial charge in [-0.15, -0.1) is 0 Å². The molecule has 0 fully saturated rings. The summed E-state index contributed by atoms with van der Waals surface area (Å²) in [5.41, 5.74) is 0. The van der Waals surface area contributed by atoms with Crippen LogP contribution in [0.15, 0.2) is 0 Å². The highest BCUT2D eigenvalue weighted by Crippen LogP contribution is 1.96. The number of hydrogen-bond donors (Lipinski definition) is 1. The van der Waals surface area contributed by atoms with Gasteiger partial charge in [-0.3, -0.25) is 4.21 Å². The van der Waals surface area contributed by atoms with E-state index in [0.717, 1.165) is 39.1 Å². The highest BCUT2D eigenvalue weighted by molar-refractivity contribution is 7.84. The van der Waals surface area contributed by atoms with Crippen molar-refractivity contribution in [3.05, 3.63) is 0 Å². The maximum Gasteiger partial charge on any atom is 0.0590 e. The van der Waals surface area contributed by atoms with Gasteiger partial charge in [-0.1, -0.05) is 13.8 Å². The Bertz CT molecular complexity index is 153. The molecule has 1 N–H and O–H groups in total.